The van der Waals surface area contributed by atoms with Crippen LogP contribution in [0.3, 0.4) is 0 Å². The van der Waals surface area contributed by atoms with Crippen LogP contribution in [0.15, 0.2) is 39.0 Å². The van der Waals surface area contributed by atoms with Gasteiger partial charge in [-0.2, -0.15) is 4.31 Å². The smallest absolute Gasteiger partial charge is 0.317 e. The predicted molar refractivity (Wildman–Crippen MR) is 104 cm³/mol. The molecule has 26 heavy (non-hydrogen) atoms. The highest BCUT2D eigenvalue weighted by atomic mass is 79.9. The van der Waals surface area contributed by atoms with Crippen LogP contribution < -0.4 is 5.32 Å². The summed E-state index contributed by atoms with van der Waals surface area (Å²) in [5.74, 6) is 0. The average Bonchev–Trinajstić information content (AvgIpc) is 3.05. The summed E-state index contributed by atoms with van der Waals surface area (Å²) in [6, 6.07) is 6.45. The van der Waals surface area contributed by atoms with Crippen molar-refractivity contribution >= 4 is 43.3 Å². The van der Waals surface area contributed by atoms with Gasteiger partial charge in [-0.1, -0.05) is 22.0 Å². The number of sulfonamides is 1. The molecule has 0 bridgehead atoms. The maximum Gasteiger partial charge on any atom is 0.317 e. The summed E-state index contributed by atoms with van der Waals surface area (Å²) in [5, 5.41) is 5.71. The third-order valence-corrected chi connectivity index (χ3v) is 7.26. The van der Waals surface area contributed by atoms with Crippen LogP contribution in [0.2, 0.25) is 0 Å². The molecule has 1 aromatic heterocycles. The number of hydrogen-bond donors (Lipinski definition) is 1. The van der Waals surface area contributed by atoms with Crippen LogP contribution >= 0.6 is 27.3 Å². The van der Waals surface area contributed by atoms with Crippen LogP contribution in [0, 0.1) is 6.92 Å². The quantitative estimate of drug-likeness (QED) is 0.762. The molecule has 1 fully saturated rings. The number of nitrogens with zero attached hydrogens (tertiary/aromatic N) is 3. The third-order valence-electron chi connectivity index (χ3n) is 4.05. The van der Waals surface area contributed by atoms with Gasteiger partial charge in [-0.3, -0.25) is 0 Å². The molecule has 0 radical (unpaired) electrons. The first kappa shape index (κ1) is 19.3. The number of aromatic nitrogens is 1. The van der Waals surface area contributed by atoms with E-state index in [0.717, 1.165) is 10.7 Å². The number of nitrogens with one attached hydrogen (secondary N) is 1. The van der Waals surface area contributed by atoms with Crippen molar-refractivity contribution in [3.8, 4) is 0 Å². The molecule has 1 aliphatic heterocycles. The summed E-state index contributed by atoms with van der Waals surface area (Å²) < 4.78 is 27.6. The molecule has 10 heteroatoms. The molecule has 1 saturated heterocycles. The number of hydrogen-bond acceptors (Lipinski definition) is 5. The molecular formula is C16H19BrN4O3S2. The lowest BCUT2D eigenvalue weighted by atomic mass is 10.4. The lowest BCUT2D eigenvalue weighted by molar-refractivity contribution is 0.172. The monoisotopic (exact) mass is 458 g/mol. The highest BCUT2D eigenvalue weighted by Gasteiger charge is 2.30. The molecule has 1 N–H and O–H groups in total. The molecule has 0 aliphatic carbocycles. The zero-order valence-corrected chi connectivity index (χ0v) is 17.4. The zero-order valence-electron chi connectivity index (χ0n) is 14.2. The number of piperazine rings is 1. The van der Waals surface area contributed by atoms with Gasteiger partial charge in [-0.25, -0.2) is 18.2 Å². The Morgan fingerprint density at radius 3 is 2.65 bits per heavy atom. The van der Waals surface area contributed by atoms with E-state index in [1.807, 2.05) is 12.3 Å². The van der Waals surface area contributed by atoms with Crippen molar-refractivity contribution in [2.45, 2.75) is 18.4 Å². The molecule has 0 atom stereocenters. The average molecular weight is 459 g/mol. The molecule has 2 amide bonds. The van der Waals surface area contributed by atoms with Crippen molar-refractivity contribution in [1.29, 1.82) is 0 Å². The van der Waals surface area contributed by atoms with E-state index in [0.29, 0.717) is 24.1 Å². The Morgan fingerprint density at radius 1 is 1.31 bits per heavy atom. The van der Waals surface area contributed by atoms with Crippen molar-refractivity contribution < 1.29 is 13.2 Å². The van der Waals surface area contributed by atoms with Crippen molar-refractivity contribution in [2.75, 3.05) is 26.2 Å². The first-order valence-electron chi connectivity index (χ1n) is 8.06. The molecule has 0 spiro atoms. The van der Waals surface area contributed by atoms with E-state index >= 15 is 0 Å². The van der Waals surface area contributed by atoms with E-state index in [1.165, 1.54) is 4.31 Å². The second kappa shape index (κ2) is 8.03. The number of urea groups is 1. The Labute approximate surface area is 165 Å². The maximum atomic E-state index is 12.7. The van der Waals surface area contributed by atoms with Crippen LogP contribution in [0.4, 0.5) is 4.79 Å². The SMILES string of the molecule is Cc1nc(CNC(=O)N2CCN(S(=O)(=O)c3cccc(Br)c3)CC2)cs1. The van der Waals surface area contributed by atoms with Crippen LogP contribution in [-0.2, 0) is 16.6 Å². The second-order valence-corrected chi connectivity index (χ2v) is 9.78. The minimum Gasteiger partial charge on any atom is -0.332 e. The zero-order chi connectivity index (χ0) is 18.7. The molecule has 1 aliphatic rings. The number of halogens is 1. The number of carbonyl (C=O) groups is 1. The Kier molecular flexibility index (Phi) is 5.96. The van der Waals surface area contributed by atoms with Gasteiger partial charge in [0.05, 0.1) is 22.1 Å². The Bertz CT molecular complexity index is 892. The molecule has 0 saturated carbocycles. The summed E-state index contributed by atoms with van der Waals surface area (Å²) in [6.07, 6.45) is 0. The van der Waals surface area contributed by atoms with Gasteiger partial charge < -0.3 is 10.2 Å². The maximum absolute atomic E-state index is 12.7. The summed E-state index contributed by atoms with van der Waals surface area (Å²) >= 11 is 4.84. The van der Waals surface area contributed by atoms with E-state index in [2.05, 4.69) is 26.2 Å². The fraction of sp³-hybridized carbons (Fsp3) is 0.375. The van der Waals surface area contributed by atoms with E-state index in [4.69, 9.17) is 0 Å². The molecule has 0 unspecified atom stereocenters. The number of benzene rings is 1. The summed E-state index contributed by atoms with van der Waals surface area (Å²) in [5.41, 5.74) is 0.830. The summed E-state index contributed by atoms with van der Waals surface area (Å²) in [6.45, 7) is 3.56. The van der Waals surface area contributed by atoms with Gasteiger partial charge in [0.1, 0.15) is 0 Å². The minimum absolute atomic E-state index is 0.199. The normalized spacial score (nSPS) is 15.8. The number of carbonyl (C=O) groups excluding carboxylic acids is 1. The van der Waals surface area contributed by atoms with Crippen LogP contribution in [0.25, 0.3) is 0 Å². The van der Waals surface area contributed by atoms with Crippen molar-refractivity contribution in [2.24, 2.45) is 0 Å². The Balaban J connectivity index is 1.55. The van der Waals surface area contributed by atoms with E-state index in [1.54, 1.807) is 40.5 Å². The standard InChI is InChI=1S/C16H19BrN4O3S2/c1-12-19-14(11-25-12)10-18-16(22)20-5-7-21(8-6-20)26(23,24)15-4-2-3-13(17)9-15/h2-4,9,11H,5-8,10H2,1H3,(H,18,22). The minimum atomic E-state index is -3.55. The van der Waals surface area contributed by atoms with Gasteiger partial charge >= 0.3 is 6.03 Å². The largest absolute Gasteiger partial charge is 0.332 e. The lowest BCUT2D eigenvalue weighted by Crippen LogP contribution is -2.52. The van der Waals surface area contributed by atoms with Crippen LogP contribution in [-0.4, -0.2) is 54.8 Å². The molecule has 1 aromatic carbocycles. The van der Waals surface area contributed by atoms with Crippen molar-refractivity contribution in [3.05, 3.63) is 44.8 Å². The molecule has 2 aromatic rings. The number of rotatable bonds is 4. The predicted octanol–water partition coefficient (Wildman–Crippen LogP) is 2.43. The van der Waals surface area contributed by atoms with Crippen LogP contribution in [0.1, 0.15) is 10.7 Å². The molecule has 2 heterocycles. The molecule has 7 nitrogen and oxygen atoms in total. The fourth-order valence-corrected chi connectivity index (χ4v) is 5.31. The number of aryl methyl sites for hydroxylation is 1. The van der Waals surface area contributed by atoms with Crippen molar-refractivity contribution in [3.63, 3.8) is 0 Å². The second-order valence-electron chi connectivity index (χ2n) is 5.87. The van der Waals surface area contributed by atoms with Gasteiger partial charge in [0, 0.05) is 36.0 Å². The van der Waals surface area contributed by atoms with Crippen molar-refractivity contribution in [1.82, 2.24) is 19.5 Å². The van der Waals surface area contributed by atoms with Gasteiger partial charge in [0.2, 0.25) is 10.0 Å². The first-order chi connectivity index (χ1) is 12.4. The highest BCUT2D eigenvalue weighted by Crippen LogP contribution is 2.21. The third kappa shape index (κ3) is 4.43. The van der Waals surface area contributed by atoms with Gasteiger partial charge in [-0.05, 0) is 25.1 Å². The Hall–Kier alpha value is -1.49. The van der Waals surface area contributed by atoms with E-state index in [-0.39, 0.29) is 24.0 Å². The lowest BCUT2D eigenvalue weighted by Gasteiger charge is -2.34. The molecule has 140 valence electrons. The summed E-state index contributed by atoms with van der Waals surface area (Å²) in [4.78, 5) is 18.5. The fourth-order valence-electron chi connectivity index (χ4n) is 2.68. The van der Waals surface area contributed by atoms with Crippen LogP contribution in [0.5, 0.6) is 0 Å². The van der Waals surface area contributed by atoms with Gasteiger partial charge in [0.15, 0.2) is 0 Å². The molecule has 3 rings (SSSR count). The topological polar surface area (TPSA) is 82.6 Å². The van der Waals surface area contributed by atoms with Gasteiger partial charge in [-0.15, -0.1) is 11.3 Å². The van der Waals surface area contributed by atoms with Gasteiger partial charge in [0.25, 0.3) is 0 Å². The van der Waals surface area contributed by atoms with E-state index in [9.17, 15) is 13.2 Å². The summed E-state index contributed by atoms with van der Waals surface area (Å²) in [7, 11) is -3.55. The Morgan fingerprint density at radius 2 is 2.04 bits per heavy atom. The highest BCUT2D eigenvalue weighted by molar-refractivity contribution is 9.10. The molecular weight excluding hydrogens is 440 g/mol. The number of thiazole rings is 1. The number of amides is 2. The first-order valence-corrected chi connectivity index (χ1v) is 11.2. The van der Waals surface area contributed by atoms with E-state index < -0.39 is 10.0 Å².